The topological polar surface area (TPSA) is 78.7 Å². The molecule has 3 N–H and O–H groups in total. The molecule has 0 spiro atoms. The molecule has 0 unspecified atom stereocenters. The van der Waals surface area contributed by atoms with E-state index < -0.39 is 0 Å². The van der Waals surface area contributed by atoms with E-state index in [0.29, 0.717) is 45.6 Å². The molecule has 154 valence electrons. The number of nitrogens with one attached hydrogen (secondary N) is 1. The molecule has 1 fully saturated rings. The summed E-state index contributed by atoms with van der Waals surface area (Å²) in [7, 11) is 0. The molecule has 6 nitrogen and oxygen atoms in total. The Kier molecular flexibility index (Phi) is 7.25. The van der Waals surface area contributed by atoms with Gasteiger partial charge >= 0.3 is 0 Å². The number of amides is 2. The number of anilines is 2. The van der Waals surface area contributed by atoms with Gasteiger partial charge in [0.15, 0.2) is 0 Å². The molecule has 0 aromatic heterocycles. The van der Waals surface area contributed by atoms with E-state index in [1.165, 1.54) is 0 Å². The summed E-state index contributed by atoms with van der Waals surface area (Å²) >= 11 is 0. The van der Waals surface area contributed by atoms with E-state index >= 15 is 0 Å². The second-order valence-corrected chi connectivity index (χ2v) is 7.41. The number of para-hydroxylation sites is 2. The molecule has 6 heteroatoms. The van der Waals surface area contributed by atoms with Gasteiger partial charge in [-0.05, 0) is 36.1 Å². The van der Waals surface area contributed by atoms with E-state index in [2.05, 4.69) is 17.1 Å². The number of carbonyl (C=O) groups excluding carboxylic acids is 2. The predicted molar refractivity (Wildman–Crippen MR) is 117 cm³/mol. The molecule has 0 bridgehead atoms. The fraction of sp³-hybridized carbons (Fsp3) is 0.391. The second kappa shape index (κ2) is 10.1. The van der Waals surface area contributed by atoms with E-state index in [1.807, 2.05) is 53.4 Å². The smallest absolute Gasteiger partial charge is 0.238 e. The van der Waals surface area contributed by atoms with Gasteiger partial charge < -0.3 is 16.0 Å². The van der Waals surface area contributed by atoms with Crippen molar-refractivity contribution in [1.82, 2.24) is 9.80 Å². The molecule has 0 atom stereocenters. The molecule has 29 heavy (non-hydrogen) atoms. The van der Waals surface area contributed by atoms with Crippen molar-refractivity contribution in [3.8, 4) is 0 Å². The van der Waals surface area contributed by atoms with Gasteiger partial charge in [0.1, 0.15) is 0 Å². The molecule has 2 aromatic carbocycles. The van der Waals surface area contributed by atoms with Crippen molar-refractivity contribution in [2.75, 3.05) is 43.8 Å². The van der Waals surface area contributed by atoms with Crippen molar-refractivity contribution < 1.29 is 9.59 Å². The standard InChI is InChI=1S/C23H30N4O2/c1-2-18-7-4-6-10-21(18)25-22(28)17-26-13-15-27(16-14-26)23(29)12-11-19-8-3-5-9-20(19)24/h3-10H,2,11-17,24H2,1H3,(H,25,28). The first-order valence-corrected chi connectivity index (χ1v) is 10.3. The van der Waals surface area contributed by atoms with Crippen molar-refractivity contribution in [2.24, 2.45) is 0 Å². The van der Waals surface area contributed by atoms with Crippen LogP contribution in [0, 0.1) is 0 Å². The van der Waals surface area contributed by atoms with E-state index in [1.54, 1.807) is 0 Å². The Morgan fingerprint density at radius 2 is 1.62 bits per heavy atom. The average molecular weight is 395 g/mol. The number of hydrogen-bond acceptors (Lipinski definition) is 4. The van der Waals surface area contributed by atoms with E-state index in [9.17, 15) is 9.59 Å². The molecular formula is C23H30N4O2. The van der Waals surface area contributed by atoms with Gasteiger partial charge in [0.25, 0.3) is 0 Å². The van der Waals surface area contributed by atoms with Gasteiger partial charge in [-0.1, -0.05) is 43.3 Å². The number of nitrogen functional groups attached to an aromatic ring is 1. The van der Waals surface area contributed by atoms with Gasteiger partial charge in [0.05, 0.1) is 6.54 Å². The first kappa shape index (κ1) is 20.9. The number of nitrogens with two attached hydrogens (primary N) is 1. The van der Waals surface area contributed by atoms with Crippen LogP contribution in [-0.2, 0) is 22.4 Å². The van der Waals surface area contributed by atoms with Gasteiger partial charge in [0.2, 0.25) is 11.8 Å². The Labute approximate surface area is 172 Å². The minimum absolute atomic E-state index is 0.00905. The number of nitrogens with zero attached hydrogens (tertiary/aromatic N) is 2. The molecule has 1 saturated heterocycles. The van der Waals surface area contributed by atoms with Crippen LogP contribution in [0.4, 0.5) is 11.4 Å². The minimum atomic E-state index is -0.00905. The highest BCUT2D eigenvalue weighted by Crippen LogP contribution is 2.16. The van der Waals surface area contributed by atoms with Crippen molar-refractivity contribution >= 4 is 23.2 Å². The highest BCUT2D eigenvalue weighted by Gasteiger charge is 2.22. The molecule has 0 aliphatic carbocycles. The Balaban J connectivity index is 1.42. The van der Waals surface area contributed by atoms with Crippen LogP contribution >= 0.6 is 0 Å². The van der Waals surface area contributed by atoms with Gasteiger partial charge in [-0.15, -0.1) is 0 Å². The summed E-state index contributed by atoms with van der Waals surface area (Å²) in [5.74, 6) is 0.138. The first-order chi connectivity index (χ1) is 14.1. The lowest BCUT2D eigenvalue weighted by Crippen LogP contribution is -2.50. The third-order valence-corrected chi connectivity index (χ3v) is 5.43. The molecule has 1 aliphatic rings. The Morgan fingerprint density at radius 1 is 0.966 bits per heavy atom. The monoisotopic (exact) mass is 394 g/mol. The van der Waals surface area contributed by atoms with E-state index in [4.69, 9.17) is 5.73 Å². The number of benzene rings is 2. The lowest BCUT2D eigenvalue weighted by molar-refractivity contribution is -0.133. The summed E-state index contributed by atoms with van der Waals surface area (Å²) in [5, 5.41) is 3.01. The average Bonchev–Trinajstić information content (AvgIpc) is 2.74. The second-order valence-electron chi connectivity index (χ2n) is 7.41. The van der Waals surface area contributed by atoms with E-state index in [0.717, 1.165) is 28.9 Å². The number of aryl methyl sites for hydroxylation is 2. The van der Waals surface area contributed by atoms with Crippen LogP contribution in [0.15, 0.2) is 48.5 Å². The summed E-state index contributed by atoms with van der Waals surface area (Å²) in [4.78, 5) is 28.9. The maximum absolute atomic E-state index is 12.5. The van der Waals surface area contributed by atoms with Crippen LogP contribution in [0.1, 0.15) is 24.5 Å². The largest absolute Gasteiger partial charge is 0.399 e. The Morgan fingerprint density at radius 3 is 2.31 bits per heavy atom. The quantitative estimate of drug-likeness (QED) is 0.708. The van der Waals surface area contributed by atoms with Gasteiger partial charge in [-0.3, -0.25) is 14.5 Å². The Bertz CT molecular complexity index is 844. The first-order valence-electron chi connectivity index (χ1n) is 10.3. The fourth-order valence-electron chi connectivity index (χ4n) is 3.66. The van der Waals surface area contributed by atoms with Gasteiger partial charge in [-0.25, -0.2) is 0 Å². The summed E-state index contributed by atoms with van der Waals surface area (Å²) in [5.41, 5.74) is 9.73. The number of hydrogen-bond donors (Lipinski definition) is 2. The number of rotatable bonds is 7. The number of piperazine rings is 1. The van der Waals surface area contributed by atoms with Crippen LogP contribution in [0.3, 0.4) is 0 Å². The summed E-state index contributed by atoms with van der Waals surface area (Å²) < 4.78 is 0. The van der Waals surface area contributed by atoms with Crippen LogP contribution in [0.2, 0.25) is 0 Å². The molecule has 2 aromatic rings. The summed E-state index contributed by atoms with van der Waals surface area (Å²) in [6, 6.07) is 15.6. The highest BCUT2D eigenvalue weighted by molar-refractivity contribution is 5.93. The minimum Gasteiger partial charge on any atom is -0.399 e. The molecule has 0 radical (unpaired) electrons. The Hall–Kier alpha value is -2.86. The van der Waals surface area contributed by atoms with Crippen molar-refractivity contribution in [3.63, 3.8) is 0 Å². The fourth-order valence-corrected chi connectivity index (χ4v) is 3.66. The molecule has 1 heterocycles. The van der Waals surface area contributed by atoms with Crippen LogP contribution in [0.5, 0.6) is 0 Å². The zero-order valence-corrected chi connectivity index (χ0v) is 17.1. The van der Waals surface area contributed by atoms with Crippen LogP contribution < -0.4 is 11.1 Å². The molecule has 3 rings (SSSR count). The predicted octanol–water partition coefficient (Wildman–Crippen LogP) is 2.55. The molecule has 1 aliphatic heterocycles. The highest BCUT2D eigenvalue weighted by atomic mass is 16.2. The maximum Gasteiger partial charge on any atom is 0.238 e. The third kappa shape index (κ3) is 5.81. The SMILES string of the molecule is CCc1ccccc1NC(=O)CN1CCN(C(=O)CCc2ccccc2N)CC1. The summed E-state index contributed by atoms with van der Waals surface area (Å²) in [6.07, 6.45) is 2.00. The van der Waals surface area contributed by atoms with Crippen molar-refractivity contribution in [3.05, 3.63) is 59.7 Å². The lowest BCUT2D eigenvalue weighted by Gasteiger charge is -2.34. The molecule has 2 amide bonds. The zero-order chi connectivity index (χ0) is 20.6. The zero-order valence-electron chi connectivity index (χ0n) is 17.1. The van der Waals surface area contributed by atoms with Crippen molar-refractivity contribution in [1.29, 1.82) is 0 Å². The van der Waals surface area contributed by atoms with Crippen LogP contribution in [0.25, 0.3) is 0 Å². The molecule has 0 saturated carbocycles. The van der Waals surface area contributed by atoms with Gasteiger partial charge in [0, 0.05) is 44.0 Å². The summed E-state index contributed by atoms with van der Waals surface area (Å²) in [6.45, 7) is 5.15. The lowest BCUT2D eigenvalue weighted by atomic mass is 10.1. The maximum atomic E-state index is 12.5. The van der Waals surface area contributed by atoms with Gasteiger partial charge in [-0.2, -0.15) is 0 Å². The van der Waals surface area contributed by atoms with Crippen LogP contribution in [-0.4, -0.2) is 54.3 Å². The van der Waals surface area contributed by atoms with Crippen molar-refractivity contribution in [2.45, 2.75) is 26.2 Å². The molecular weight excluding hydrogens is 364 g/mol. The third-order valence-electron chi connectivity index (χ3n) is 5.43. The normalized spacial score (nSPS) is 14.6. The number of carbonyl (C=O) groups is 2. The van der Waals surface area contributed by atoms with E-state index in [-0.39, 0.29) is 11.8 Å².